The second-order valence-corrected chi connectivity index (χ2v) is 15.5. The van der Waals surface area contributed by atoms with Crippen molar-refractivity contribution in [1.29, 1.82) is 0 Å². The summed E-state index contributed by atoms with van der Waals surface area (Å²) in [5.74, 6) is 0.628. The van der Waals surface area contributed by atoms with Gasteiger partial charge in [0.25, 0.3) is 0 Å². The van der Waals surface area contributed by atoms with E-state index in [-0.39, 0.29) is 48.1 Å². The van der Waals surface area contributed by atoms with Gasteiger partial charge in [0.05, 0.1) is 24.9 Å². The largest absolute Gasteiger partial charge is 0.392 e. The van der Waals surface area contributed by atoms with Crippen LogP contribution in [0.25, 0.3) is 0 Å². The summed E-state index contributed by atoms with van der Waals surface area (Å²) in [5, 5.41) is 18.7. The molecular weight excluding hydrogens is 632 g/mol. The fourth-order valence-electron chi connectivity index (χ4n) is 7.79. The molecule has 3 amide bonds. The number of fused-ring (bicyclic) bond motifs is 1. The summed E-state index contributed by atoms with van der Waals surface area (Å²) in [5.41, 5.74) is 3.14. The van der Waals surface area contributed by atoms with Crippen LogP contribution in [0, 0.1) is 5.92 Å². The number of carbonyl (C=O) groups is 3. The Kier molecular flexibility index (Phi) is 13.5. The summed E-state index contributed by atoms with van der Waals surface area (Å²) in [6.07, 6.45) is 9.21. The third-order valence-corrected chi connectivity index (χ3v) is 10.3. The number of ether oxygens (including phenoxy) is 2. The number of amides is 3. The van der Waals surface area contributed by atoms with Crippen LogP contribution in [-0.2, 0) is 30.5 Å². The molecule has 10 heteroatoms. The molecule has 10 nitrogen and oxygen atoms in total. The minimum absolute atomic E-state index is 0.0167. The van der Waals surface area contributed by atoms with Gasteiger partial charge in [-0.15, -0.1) is 0 Å². The molecule has 0 aromatic heterocycles. The van der Waals surface area contributed by atoms with Gasteiger partial charge in [0.15, 0.2) is 6.29 Å². The summed E-state index contributed by atoms with van der Waals surface area (Å²) in [4.78, 5) is 39.8. The first-order valence-electron chi connectivity index (χ1n) is 18.7. The van der Waals surface area contributed by atoms with E-state index in [4.69, 9.17) is 9.47 Å². The summed E-state index contributed by atoms with van der Waals surface area (Å²) in [6, 6.07) is 15.7. The topological polar surface area (TPSA) is 129 Å². The molecule has 4 N–H and O–H groups in total. The number of carbonyl (C=O) groups excluding carboxylic acids is 3. The molecule has 2 aromatic carbocycles. The molecule has 1 saturated carbocycles. The monoisotopic (exact) mass is 690 g/mol. The van der Waals surface area contributed by atoms with Crippen LogP contribution in [0.3, 0.4) is 0 Å². The highest BCUT2D eigenvalue weighted by Crippen LogP contribution is 2.42. The average molecular weight is 691 g/mol. The number of unbranched alkanes of at least 4 members (excludes halogenated alkanes) is 2. The highest BCUT2D eigenvalue weighted by Gasteiger charge is 2.44. The quantitative estimate of drug-likeness (QED) is 0.182. The number of benzene rings is 2. The predicted octanol–water partition coefficient (Wildman–Crippen LogP) is 6.30. The van der Waals surface area contributed by atoms with E-state index in [1.54, 1.807) is 0 Å². The maximum atomic E-state index is 13.7. The van der Waals surface area contributed by atoms with Crippen LogP contribution in [0.15, 0.2) is 48.5 Å². The Morgan fingerprint density at radius 1 is 0.880 bits per heavy atom. The van der Waals surface area contributed by atoms with Gasteiger partial charge < -0.3 is 30.5 Å². The van der Waals surface area contributed by atoms with E-state index in [1.165, 1.54) is 26.2 Å². The van der Waals surface area contributed by atoms with E-state index in [0.717, 1.165) is 55.2 Å². The van der Waals surface area contributed by atoms with Gasteiger partial charge >= 0.3 is 0 Å². The molecule has 0 radical (unpaired) electrons. The number of hydrogen-bond donors (Lipinski definition) is 4. The Morgan fingerprint density at radius 2 is 1.60 bits per heavy atom. The minimum Gasteiger partial charge on any atom is -0.392 e. The van der Waals surface area contributed by atoms with Gasteiger partial charge in [-0.1, -0.05) is 55.7 Å². The number of nitrogens with zero attached hydrogens (tertiary/aromatic N) is 1. The highest BCUT2D eigenvalue weighted by molar-refractivity contribution is 5.90. The molecule has 6 atom stereocenters. The van der Waals surface area contributed by atoms with Gasteiger partial charge in [-0.2, -0.15) is 0 Å². The van der Waals surface area contributed by atoms with E-state index in [9.17, 15) is 19.5 Å². The number of piperidine rings is 1. The SMILES string of the molecule is CC(=O)NCCCCCC(=O)Nc1ccc([C@@H]2O[C@H](CN3[C@@H](C(=O)NC(C)(C)C)CC[C@H]4CCCC[C@H]43)C[C@H](c3ccc(CO)cc3)O2)cc1. The number of anilines is 1. The number of rotatable bonds is 13. The fourth-order valence-corrected chi connectivity index (χ4v) is 7.79. The number of likely N-dealkylation sites (tertiary alicyclic amines) is 1. The Labute approximate surface area is 298 Å². The fraction of sp³-hybridized carbons (Fsp3) is 0.625. The smallest absolute Gasteiger partial charge is 0.237 e. The van der Waals surface area contributed by atoms with Crippen LogP contribution < -0.4 is 16.0 Å². The van der Waals surface area contributed by atoms with Gasteiger partial charge in [0.1, 0.15) is 0 Å². The van der Waals surface area contributed by atoms with Gasteiger partial charge in [0.2, 0.25) is 17.7 Å². The molecule has 2 aliphatic heterocycles. The number of aliphatic hydroxyl groups excluding tert-OH is 1. The maximum absolute atomic E-state index is 13.7. The van der Waals surface area contributed by atoms with Crippen molar-refractivity contribution in [1.82, 2.24) is 15.5 Å². The summed E-state index contributed by atoms with van der Waals surface area (Å²) >= 11 is 0. The lowest BCUT2D eigenvalue weighted by molar-refractivity contribution is -0.255. The Balaban J connectivity index is 1.29. The van der Waals surface area contributed by atoms with E-state index >= 15 is 0 Å². The molecular formula is C40H58N4O6. The lowest BCUT2D eigenvalue weighted by atomic mass is 9.75. The molecule has 274 valence electrons. The molecule has 3 aliphatic rings. The van der Waals surface area contributed by atoms with Crippen molar-refractivity contribution in [2.75, 3.05) is 18.4 Å². The third-order valence-electron chi connectivity index (χ3n) is 10.3. The van der Waals surface area contributed by atoms with Crippen molar-refractivity contribution < 1.29 is 29.0 Å². The summed E-state index contributed by atoms with van der Waals surface area (Å²) in [6.45, 7) is 8.88. The Hall–Kier alpha value is -3.31. The van der Waals surface area contributed by atoms with Crippen LogP contribution in [0.4, 0.5) is 5.69 Å². The molecule has 50 heavy (non-hydrogen) atoms. The first-order chi connectivity index (χ1) is 24.0. The van der Waals surface area contributed by atoms with Crippen molar-refractivity contribution in [3.63, 3.8) is 0 Å². The van der Waals surface area contributed by atoms with Crippen molar-refractivity contribution in [2.45, 2.75) is 141 Å². The zero-order valence-corrected chi connectivity index (χ0v) is 30.4. The zero-order chi connectivity index (χ0) is 35.7. The van der Waals surface area contributed by atoms with Crippen LogP contribution in [0.1, 0.15) is 127 Å². The minimum atomic E-state index is -0.626. The first-order valence-corrected chi connectivity index (χ1v) is 18.7. The molecule has 1 aliphatic carbocycles. The van der Waals surface area contributed by atoms with E-state index in [1.807, 2.05) is 69.3 Å². The summed E-state index contributed by atoms with van der Waals surface area (Å²) in [7, 11) is 0. The molecule has 0 unspecified atom stereocenters. The van der Waals surface area contributed by atoms with E-state index in [0.29, 0.717) is 43.6 Å². The maximum Gasteiger partial charge on any atom is 0.237 e. The molecule has 0 bridgehead atoms. The lowest BCUT2D eigenvalue weighted by Crippen LogP contribution is -2.61. The number of hydrogen-bond acceptors (Lipinski definition) is 7. The average Bonchev–Trinajstić information content (AvgIpc) is 3.09. The standard InChI is InChI=1S/C40H58N4O6/c1-27(46)41-23-9-5-6-12-37(47)42-32-20-17-31(18-21-32)39-49-33(24-36(50-39)30-15-13-28(26-45)14-16-30)25-44-34-11-8-7-10-29(34)19-22-35(44)38(48)43-40(2,3)4/h13-18,20-21,29,33-36,39,45H,5-12,19,22-26H2,1-4H3,(H,41,46)(H,42,47)(H,43,48)/t29-,33+,34-,35-,36-,39-/m1/s1. The van der Waals surface area contributed by atoms with E-state index in [2.05, 4.69) is 20.9 Å². The zero-order valence-electron chi connectivity index (χ0n) is 30.4. The second kappa shape index (κ2) is 17.8. The van der Waals surface area contributed by atoms with Crippen LogP contribution in [0.5, 0.6) is 0 Å². The summed E-state index contributed by atoms with van der Waals surface area (Å²) < 4.78 is 13.4. The van der Waals surface area contributed by atoms with Crippen LogP contribution in [0.2, 0.25) is 0 Å². The van der Waals surface area contributed by atoms with E-state index < -0.39 is 6.29 Å². The molecule has 2 saturated heterocycles. The molecule has 0 spiro atoms. The van der Waals surface area contributed by atoms with Crippen LogP contribution in [-0.4, -0.2) is 64.5 Å². The molecule has 3 fully saturated rings. The van der Waals surface area contributed by atoms with Gasteiger partial charge in [0, 0.05) is 55.7 Å². The Bertz CT molecular complexity index is 1410. The number of nitrogens with one attached hydrogen (secondary N) is 3. The van der Waals surface area contributed by atoms with Crippen molar-refractivity contribution >= 4 is 23.4 Å². The predicted molar refractivity (Wildman–Crippen MR) is 194 cm³/mol. The highest BCUT2D eigenvalue weighted by atomic mass is 16.7. The van der Waals surface area contributed by atoms with Crippen molar-refractivity contribution in [3.8, 4) is 0 Å². The second-order valence-electron chi connectivity index (χ2n) is 15.5. The molecule has 5 rings (SSSR count). The third kappa shape index (κ3) is 10.8. The first kappa shape index (κ1) is 37.9. The normalized spacial score (nSPS) is 25.7. The van der Waals surface area contributed by atoms with Gasteiger partial charge in [-0.3, -0.25) is 19.3 Å². The van der Waals surface area contributed by atoms with Gasteiger partial charge in [-0.25, -0.2) is 0 Å². The van der Waals surface area contributed by atoms with Crippen LogP contribution >= 0.6 is 0 Å². The molecule has 2 aromatic rings. The van der Waals surface area contributed by atoms with Crippen molar-refractivity contribution in [3.05, 3.63) is 65.2 Å². The molecule has 2 heterocycles. The Morgan fingerprint density at radius 3 is 2.30 bits per heavy atom. The van der Waals surface area contributed by atoms with Crippen molar-refractivity contribution in [2.24, 2.45) is 5.92 Å². The lowest BCUT2D eigenvalue weighted by Gasteiger charge is -2.50. The number of aliphatic hydroxyl groups is 1. The van der Waals surface area contributed by atoms with Gasteiger partial charge in [-0.05, 0) is 88.5 Å².